The van der Waals surface area contributed by atoms with E-state index in [1.807, 2.05) is 48.5 Å². The Morgan fingerprint density at radius 2 is 0.409 bits per heavy atom. The zero-order valence-electron chi connectivity index (χ0n) is 35.9. The van der Waals surface area contributed by atoms with E-state index in [2.05, 4.69) is 200 Å². The van der Waals surface area contributed by atoms with Crippen LogP contribution in [0.5, 0.6) is 0 Å². The summed E-state index contributed by atoms with van der Waals surface area (Å²) >= 11 is 0. The molecule has 5 nitrogen and oxygen atoms in total. The number of benzene rings is 9. The molecule has 0 aliphatic rings. The second-order valence-electron chi connectivity index (χ2n) is 16.1. The molecule has 0 saturated carbocycles. The van der Waals surface area contributed by atoms with Gasteiger partial charge in [0.15, 0.2) is 23.3 Å². The Bertz CT molecular complexity index is 3330. The lowest BCUT2D eigenvalue weighted by Crippen LogP contribution is -2.00. The summed E-state index contributed by atoms with van der Waals surface area (Å²) in [7, 11) is 0. The van der Waals surface area contributed by atoms with Crippen molar-refractivity contribution in [1.29, 1.82) is 0 Å². The molecular formula is C61H41N5. The molecule has 0 aliphatic heterocycles. The van der Waals surface area contributed by atoms with Gasteiger partial charge in [-0.25, -0.2) is 24.9 Å². The summed E-state index contributed by atoms with van der Waals surface area (Å²) in [6.07, 6.45) is 0. The maximum Gasteiger partial charge on any atom is 0.164 e. The summed E-state index contributed by atoms with van der Waals surface area (Å²) < 4.78 is 0. The van der Waals surface area contributed by atoms with Gasteiger partial charge in [-0.05, 0) is 68.8 Å². The molecule has 0 fully saturated rings. The predicted molar refractivity (Wildman–Crippen MR) is 270 cm³/mol. The van der Waals surface area contributed by atoms with Gasteiger partial charge >= 0.3 is 0 Å². The molecule has 0 radical (unpaired) electrons. The van der Waals surface area contributed by atoms with E-state index in [0.29, 0.717) is 23.3 Å². The minimum atomic E-state index is 0.601. The average Bonchev–Trinajstić information content (AvgIpc) is 3.42. The van der Waals surface area contributed by atoms with Crippen molar-refractivity contribution >= 4 is 0 Å². The maximum atomic E-state index is 5.23. The van der Waals surface area contributed by atoms with Crippen LogP contribution in [-0.4, -0.2) is 24.9 Å². The second-order valence-corrected chi connectivity index (χ2v) is 16.1. The maximum absolute atomic E-state index is 5.23. The van der Waals surface area contributed by atoms with Gasteiger partial charge in [0.1, 0.15) is 0 Å². The predicted octanol–water partition coefficient (Wildman–Crippen LogP) is 15.3. The monoisotopic (exact) mass is 843 g/mol. The molecule has 11 aromatic rings. The van der Waals surface area contributed by atoms with Crippen molar-refractivity contribution in [1.82, 2.24) is 24.9 Å². The van der Waals surface area contributed by atoms with Crippen molar-refractivity contribution in [3.63, 3.8) is 0 Å². The van der Waals surface area contributed by atoms with Crippen molar-refractivity contribution in [2.45, 2.75) is 0 Å². The number of hydrogen-bond donors (Lipinski definition) is 0. The van der Waals surface area contributed by atoms with E-state index in [4.69, 9.17) is 24.9 Å². The van der Waals surface area contributed by atoms with Crippen LogP contribution in [-0.2, 0) is 0 Å². The first-order chi connectivity index (χ1) is 32.7. The highest BCUT2D eigenvalue weighted by Crippen LogP contribution is 2.34. The normalized spacial score (nSPS) is 11.0. The summed E-state index contributed by atoms with van der Waals surface area (Å²) in [4.78, 5) is 25.6. The molecule has 0 saturated heterocycles. The SMILES string of the molecule is c1ccc(-c2ccc(-c3cc(-c4cccc(-c5cccc(-c6nc(-c7ccccc7)nc(-c7cccc(-c8ccccc8)c7)n6)c5)c4)nc(-c4ccc(-c5ccccc5)cc4)n3)cc2)cc1. The molecule has 0 spiro atoms. The number of hydrogen-bond acceptors (Lipinski definition) is 5. The minimum Gasteiger partial charge on any atom is -0.228 e. The molecule has 0 unspecified atom stereocenters. The lowest BCUT2D eigenvalue weighted by atomic mass is 9.98. The fraction of sp³-hybridized carbons (Fsp3) is 0. The number of rotatable bonds is 10. The zero-order valence-corrected chi connectivity index (χ0v) is 35.9. The number of nitrogens with zero attached hydrogens (tertiary/aromatic N) is 5. The van der Waals surface area contributed by atoms with Gasteiger partial charge in [-0.3, -0.25) is 0 Å². The van der Waals surface area contributed by atoms with Crippen molar-refractivity contribution in [3.8, 4) is 113 Å². The summed E-state index contributed by atoms with van der Waals surface area (Å²) in [5.74, 6) is 2.50. The Morgan fingerprint density at radius 1 is 0.152 bits per heavy atom. The fourth-order valence-corrected chi connectivity index (χ4v) is 8.29. The third-order valence-corrected chi connectivity index (χ3v) is 11.8. The molecule has 11 rings (SSSR count). The summed E-state index contributed by atoms with van der Waals surface area (Å²) in [5.41, 5.74) is 16.3. The standard InChI is InChI=1S/C61H41N5/c1-5-16-42(17-6-1)45-30-34-47(35-31-45)56-41-57(63-58(62-56)49-36-32-46(33-37-49)43-18-7-2-8-19-43)53-27-13-25-51(38-53)52-26-15-29-55(40-52)61-65-59(48-22-11-4-12-23-48)64-60(66-61)54-28-14-24-50(39-54)44-20-9-3-10-21-44/h1-41H. The molecule has 66 heavy (non-hydrogen) atoms. The van der Waals surface area contributed by atoms with Crippen molar-refractivity contribution in [2.75, 3.05) is 0 Å². The molecule has 310 valence electrons. The molecule has 0 bridgehead atoms. The highest BCUT2D eigenvalue weighted by Gasteiger charge is 2.16. The first-order valence-corrected chi connectivity index (χ1v) is 22.1. The Hall–Kier alpha value is -8.93. The van der Waals surface area contributed by atoms with Crippen molar-refractivity contribution in [3.05, 3.63) is 249 Å². The Kier molecular flexibility index (Phi) is 10.9. The van der Waals surface area contributed by atoms with Gasteiger partial charge in [0, 0.05) is 33.4 Å². The van der Waals surface area contributed by atoms with Crippen LogP contribution in [0.1, 0.15) is 0 Å². The van der Waals surface area contributed by atoms with E-state index < -0.39 is 0 Å². The molecule has 5 heteroatoms. The van der Waals surface area contributed by atoms with Crippen molar-refractivity contribution in [2.24, 2.45) is 0 Å². The smallest absolute Gasteiger partial charge is 0.164 e. The summed E-state index contributed by atoms with van der Waals surface area (Å²) in [6.45, 7) is 0. The molecular weight excluding hydrogens is 803 g/mol. The van der Waals surface area contributed by atoms with Crippen LogP contribution in [0.25, 0.3) is 113 Å². The third-order valence-electron chi connectivity index (χ3n) is 11.8. The van der Waals surface area contributed by atoms with Crippen LogP contribution in [0.15, 0.2) is 249 Å². The van der Waals surface area contributed by atoms with E-state index in [9.17, 15) is 0 Å². The first-order valence-electron chi connectivity index (χ1n) is 22.1. The second kappa shape index (κ2) is 18.0. The number of aromatic nitrogens is 5. The molecule has 2 aromatic heterocycles. The van der Waals surface area contributed by atoms with Crippen LogP contribution >= 0.6 is 0 Å². The summed E-state index contributed by atoms with van der Waals surface area (Å²) in [6, 6.07) is 85.9. The van der Waals surface area contributed by atoms with Gasteiger partial charge < -0.3 is 0 Å². The van der Waals surface area contributed by atoms with E-state index in [-0.39, 0.29) is 0 Å². The Labute approximate surface area is 384 Å². The van der Waals surface area contributed by atoms with Gasteiger partial charge in [-0.15, -0.1) is 0 Å². The lowest BCUT2D eigenvalue weighted by molar-refractivity contribution is 1.07. The molecule has 0 aliphatic carbocycles. The van der Waals surface area contributed by atoms with E-state index in [1.54, 1.807) is 0 Å². The van der Waals surface area contributed by atoms with Crippen LogP contribution in [0, 0.1) is 0 Å². The minimum absolute atomic E-state index is 0.601. The van der Waals surface area contributed by atoms with E-state index in [1.165, 1.54) is 11.1 Å². The molecule has 9 aromatic carbocycles. The van der Waals surface area contributed by atoms with Gasteiger partial charge in [0.25, 0.3) is 0 Å². The van der Waals surface area contributed by atoms with Gasteiger partial charge in [0.2, 0.25) is 0 Å². The van der Waals surface area contributed by atoms with Crippen molar-refractivity contribution < 1.29 is 0 Å². The highest BCUT2D eigenvalue weighted by molar-refractivity contribution is 5.80. The van der Waals surface area contributed by atoms with Crippen LogP contribution in [0.3, 0.4) is 0 Å². The molecule has 0 atom stereocenters. The van der Waals surface area contributed by atoms with E-state index in [0.717, 1.165) is 78.1 Å². The molecule has 2 heterocycles. The average molecular weight is 844 g/mol. The molecule has 0 amide bonds. The fourth-order valence-electron chi connectivity index (χ4n) is 8.29. The van der Waals surface area contributed by atoms with Crippen LogP contribution in [0.4, 0.5) is 0 Å². The van der Waals surface area contributed by atoms with Gasteiger partial charge in [-0.1, -0.05) is 224 Å². The van der Waals surface area contributed by atoms with Crippen LogP contribution < -0.4 is 0 Å². The van der Waals surface area contributed by atoms with Gasteiger partial charge in [0.05, 0.1) is 11.4 Å². The Balaban J connectivity index is 0.973. The quantitative estimate of drug-likeness (QED) is 0.137. The van der Waals surface area contributed by atoms with Gasteiger partial charge in [-0.2, -0.15) is 0 Å². The third kappa shape index (κ3) is 8.57. The largest absolute Gasteiger partial charge is 0.228 e. The molecule has 0 N–H and O–H groups in total. The summed E-state index contributed by atoms with van der Waals surface area (Å²) in [5, 5.41) is 0. The first kappa shape index (κ1) is 39.9. The van der Waals surface area contributed by atoms with E-state index >= 15 is 0 Å². The van der Waals surface area contributed by atoms with Crippen LogP contribution in [0.2, 0.25) is 0 Å². The zero-order chi connectivity index (χ0) is 44.1. The lowest BCUT2D eigenvalue weighted by Gasteiger charge is -2.12. The highest BCUT2D eigenvalue weighted by atomic mass is 15.0. The topological polar surface area (TPSA) is 64.5 Å². The Morgan fingerprint density at radius 3 is 0.879 bits per heavy atom.